The number of aromatic nitrogens is 2. The highest BCUT2D eigenvalue weighted by Crippen LogP contribution is 2.42. The van der Waals surface area contributed by atoms with Crippen LogP contribution in [0.25, 0.3) is 49.0 Å². The van der Waals surface area contributed by atoms with E-state index in [-0.39, 0.29) is 0 Å². The number of benzene rings is 3. The summed E-state index contributed by atoms with van der Waals surface area (Å²) >= 11 is 0. The van der Waals surface area contributed by atoms with Crippen molar-refractivity contribution in [3.63, 3.8) is 0 Å². The summed E-state index contributed by atoms with van der Waals surface area (Å²) in [5, 5.41) is 8.60. The summed E-state index contributed by atoms with van der Waals surface area (Å²) < 4.78 is 4.95. The van der Waals surface area contributed by atoms with E-state index in [0.717, 1.165) is 0 Å². The smallest absolute Gasteiger partial charge is 0.224 e. The molecular formula is C29H31N2Si+. The maximum atomic E-state index is 2.60. The Morgan fingerprint density at radius 3 is 2.16 bits per heavy atom. The van der Waals surface area contributed by atoms with Gasteiger partial charge in [0.15, 0.2) is 6.20 Å². The summed E-state index contributed by atoms with van der Waals surface area (Å²) in [4.78, 5) is 0. The van der Waals surface area contributed by atoms with Gasteiger partial charge in [0.1, 0.15) is 7.05 Å². The van der Waals surface area contributed by atoms with E-state index in [2.05, 4.69) is 106 Å². The Bertz CT molecular complexity index is 1750. The van der Waals surface area contributed by atoms with Crippen LogP contribution >= 0.6 is 0 Å². The van der Waals surface area contributed by atoms with Crippen molar-refractivity contribution in [2.24, 2.45) is 7.05 Å². The first-order chi connectivity index (χ1) is 15.1. The zero-order chi connectivity index (χ0) is 22.7. The summed E-state index contributed by atoms with van der Waals surface area (Å²) in [7, 11) is 0.626. The molecule has 6 rings (SSSR count). The van der Waals surface area contributed by atoms with Crippen molar-refractivity contribution >= 4 is 62.3 Å². The van der Waals surface area contributed by atoms with Gasteiger partial charge in [-0.3, -0.25) is 0 Å². The fraction of sp³-hybridized carbons (Fsp3) is 0.276. The van der Waals surface area contributed by atoms with Crippen LogP contribution < -0.4 is 9.75 Å². The highest BCUT2D eigenvalue weighted by atomic mass is 28.3. The van der Waals surface area contributed by atoms with Crippen molar-refractivity contribution < 1.29 is 4.57 Å². The fourth-order valence-corrected chi connectivity index (χ4v) is 7.59. The summed E-state index contributed by atoms with van der Waals surface area (Å²) in [5.74, 6) is 0. The minimum Gasteiger partial charge on any atom is -0.307 e. The van der Waals surface area contributed by atoms with Crippen LogP contribution in [0.3, 0.4) is 0 Å². The van der Waals surface area contributed by atoms with E-state index in [1.807, 2.05) is 0 Å². The van der Waals surface area contributed by atoms with E-state index in [1.54, 1.807) is 5.19 Å². The van der Waals surface area contributed by atoms with Crippen LogP contribution in [-0.2, 0) is 7.05 Å². The lowest BCUT2D eigenvalue weighted by Gasteiger charge is -2.22. The van der Waals surface area contributed by atoms with Crippen LogP contribution in [0.4, 0.5) is 0 Å². The zero-order valence-corrected chi connectivity index (χ0v) is 21.4. The quantitative estimate of drug-likeness (QED) is 0.119. The van der Waals surface area contributed by atoms with Gasteiger partial charge >= 0.3 is 0 Å². The third kappa shape index (κ3) is 2.22. The van der Waals surface area contributed by atoms with Crippen molar-refractivity contribution in [1.82, 2.24) is 4.40 Å². The molecule has 0 aliphatic carbocycles. The van der Waals surface area contributed by atoms with Gasteiger partial charge in [0.25, 0.3) is 0 Å². The molecule has 0 atom stereocenters. The Labute approximate surface area is 190 Å². The molecule has 0 bridgehead atoms. The molecule has 0 aliphatic heterocycles. The van der Waals surface area contributed by atoms with E-state index in [9.17, 15) is 0 Å². The first-order valence-corrected chi connectivity index (χ1v) is 15.1. The minimum atomic E-state index is -1.58. The molecule has 0 unspecified atom stereocenters. The standard InChI is InChI=1S/C29H31N2Si/c1-16-17(2)19(4)27-24(18(16)3)28-25-20(13-14-30(28)5)15-23(32(6,7)8)26-21-11-9-10-12-22(21)31(27)29(25)26/h9-15H,1-8H3/q+1. The second-order valence-corrected chi connectivity index (χ2v) is 15.8. The third-order valence-electron chi connectivity index (χ3n) is 7.96. The molecule has 2 nitrogen and oxygen atoms in total. The Morgan fingerprint density at radius 2 is 1.44 bits per heavy atom. The van der Waals surface area contributed by atoms with E-state index in [4.69, 9.17) is 0 Å². The van der Waals surface area contributed by atoms with Crippen molar-refractivity contribution in [3.8, 4) is 0 Å². The first kappa shape index (κ1) is 19.7. The van der Waals surface area contributed by atoms with Crippen LogP contribution in [0.15, 0.2) is 42.6 Å². The van der Waals surface area contributed by atoms with Gasteiger partial charge < -0.3 is 4.40 Å². The number of nitrogens with zero attached hydrogens (tertiary/aromatic N) is 2. The van der Waals surface area contributed by atoms with Crippen molar-refractivity contribution in [1.29, 1.82) is 0 Å². The zero-order valence-electron chi connectivity index (χ0n) is 20.4. The Balaban J connectivity index is 2.16. The molecular weight excluding hydrogens is 404 g/mol. The van der Waals surface area contributed by atoms with Crippen LogP contribution in [-0.4, -0.2) is 12.5 Å². The number of hydrogen-bond acceptors (Lipinski definition) is 0. The molecule has 160 valence electrons. The molecule has 0 N–H and O–H groups in total. The summed E-state index contributed by atoms with van der Waals surface area (Å²) in [6, 6.07) is 13.9. The van der Waals surface area contributed by atoms with Gasteiger partial charge in [-0.2, -0.15) is 0 Å². The number of hydrogen-bond donors (Lipinski definition) is 0. The molecule has 0 amide bonds. The molecule has 3 aromatic heterocycles. The third-order valence-corrected chi connectivity index (χ3v) is 9.97. The Morgan fingerprint density at radius 1 is 0.750 bits per heavy atom. The number of para-hydroxylation sites is 1. The van der Waals surface area contributed by atoms with Gasteiger partial charge in [-0.15, -0.1) is 0 Å². The van der Waals surface area contributed by atoms with Crippen LogP contribution in [0.1, 0.15) is 22.3 Å². The maximum absolute atomic E-state index is 2.60. The molecule has 6 aromatic rings. The molecule has 0 aliphatic rings. The summed E-state index contributed by atoms with van der Waals surface area (Å²) in [6.07, 6.45) is 2.25. The molecule has 0 spiro atoms. The lowest BCUT2D eigenvalue weighted by atomic mass is 9.91. The number of fused-ring (bicyclic) bond motifs is 6. The van der Waals surface area contributed by atoms with Gasteiger partial charge in [-0.1, -0.05) is 43.9 Å². The second-order valence-electron chi connectivity index (χ2n) is 10.7. The van der Waals surface area contributed by atoms with Gasteiger partial charge in [-0.25, -0.2) is 4.57 Å². The van der Waals surface area contributed by atoms with Crippen molar-refractivity contribution in [2.75, 3.05) is 0 Å². The van der Waals surface area contributed by atoms with Crippen molar-refractivity contribution in [3.05, 3.63) is 64.8 Å². The molecule has 3 aromatic carbocycles. The highest BCUT2D eigenvalue weighted by Gasteiger charge is 2.30. The largest absolute Gasteiger partial charge is 0.307 e. The highest BCUT2D eigenvalue weighted by molar-refractivity contribution is 6.91. The van der Waals surface area contributed by atoms with Crippen molar-refractivity contribution in [2.45, 2.75) is 47.3 Å². The molecule has 3 heterocycles. The number of pyridine rings is 2. The van der Waals surface area contributed by atoms with E-state index in [0.29, 0.717) is 0 Å². The predicted octanol–water partition coefficient (Wildman–Crippen LogP) is 6.59. The lowest BCUT2D eigenvalue weighted by Crippen LogP contribution is -2.38. The van der Waals surface area contributed by atoms with Gasteiger partial charge in [0.05, 0.1) is 35.4 Å². The topological polar surface area (TPSA) is 8.29 Å². The molecule has 0 saturated carbocycles. The number of aryl methyl sites for hydroxylation is 3. The molecule has 0 radical (unpaired) electrons. The fourth-order valence-electron chi connectivity index (χ4n) is 6.00. The lowest BCUT2D eigenvalue weighted by molar-refractivity contribution is -0.643. The minimum absolute atomic E-state index is 1.33. The summed E-state index contributed by atoms with van der Waals surface area (Å²) in [5.41, 5.74) is 11.1. The Kier molecular flexibility index (Phi) is 3.77. The molecule has 32 heavy (non-hydrogen) atoms. The van der Waals surface area contributed by atoms with Crippen LogP contribution in [0, 0.1) is 27.7 Å². The predicted molar refractivity (Wildman–Crippen MR) is 142 cm³/mol. The number of rotatable bonds is 1. The normalized spacial score (nSPS) is 13.0. The van der Waals surface area contributed by atoms with Gasteiger partial charge in [0, 0.05) is 16.8 Å². The molecule has 3 heteroatoms. The average molecular weight is 436 g/mol. The second kappa shape index (κ2) is 6.11. The van der Waals surface area contributed by atoms with Gasteiger partial charge in [-0.05, 0) is 66.6 Å². The molecule has 0 fully saturated rings. The average Bonchev–Trinajstić information content (AvgIpc) is 3.10. The Hall–Kier alpha value is -2.91. The monoisotopic (exact) mass is 435 g/mol. The maximum Gasteiger partial charge on any atom is 0.224 e. The van der Waals surface area contributed by atoms with Crippen LogP contribution in [0.2, 0.25) is 19.6 Å². The van der Waals surface area contributed by atoms with E-state index < -0.39 is 8.07 Å². The van der Waals surface area contributed by atoms with E-state index >= 15 is 0 Å². The molecule has 0 saturated heterocycles. The first-order valence-electron chi connectivity index (χ1n) is 11.6. The van der Waals surface area contributed by atoms with E-state index in [1.165, 1.54) is 71.3 Å². The SMILES string of the molecule is Cc1c(C)c(C)c2c(c1C)c1c3c(cc[n+]1C)cc([Si](C)(C)C)c1c4ccccc4n2c13. The van der Waals surface area contributed by atoms with Gasteiger partial charge in [0.2, 0.25) is 5.52 Å². The summed E-state index contributed by atoms with van der Waals surface area (Å²) in [6.45, 7) is 16.6. The van der Waals surface area contributed by atoms with Crippen LogP contribution in [0.5, 0.6) is 0 Å².